The molecule has 2 aromatic rings. The van der Waals surface area contributed by atoms with Crippen molar-refractivity contribution in [3.05, 3.63) is 59.7 Å². The fourth-order valence-corrected chi connectivity index (χ4v) is 3.71. The second-order valence-electron chi connectivity index (χ2n) is 8.06. The molecule has 0 aromatic heterocycles. The molecule has 0 radical (unpaired) electrons. The van der Waals surface area contributed by atoms with E-state index in [1.54, 1.807) is 45.0 Å². The molecule has 2 rings (SSSR count). The summed E-state index contributed by atoms with van der Waals surface area (Å²) in [5.41, 5.74) is 0.198. The Morgan fingerprint density at radius 3 is 2.32 bits per heavy atom. The molecule has 1 amide bonds. The number of sulfone groups is 1. The Balaban J connectivity index is 2.23. The maximum absolute atomic E-state index is 12.7. The summed E-state index contributed by atoms with van der Waals surface area (Å²) >= 11 is 0. The quantitative estimate of drug-likeness (QED) is 0.624. The summed E-state index contributed by atoms with van der Waals surface area (Å²) in [6.45, 7) is 5.04. The van der Waals surface area contributed by atoms with E-state index in [-0.39, 0.29) is 29.2 Å². The predicted molar refractivity (Wildman–Crippen MR) is 114 cm³/mol. The van der Waals surface area contributed by atoms with Gasteiger partial charge in [-0.05, 0) is 44.0 Å². The molecule has 8 nitrogen and oxygen atoms in total. The molecule has 0 spiro atoms. The van der Waals surface area contributed by atoms with Crippen LogP contribution in [0.5, 0.6) is 5.75 Å². The summed E-state index contributed by atoms with van der Waals surface area (Å²) in [6, 6.07) is 11.6. The van der Waals surface area contributed by atoms with Gasteiger partial charge in [0.05, 0.1) is 4.90 Å². The largest absolute Gasteiger partial charge is 0.508 e. The number of phenols is 1. The first-order valence-corrected chi connectivity index (χ1v) is 11.5. The second-order valence-corrected chi connectivity index (χ2v) is 10.0. The lowest BCUT2D eigenvalue weighted by atomic mass is 10.1. The molecule has 31 heavy (non-hydrogen) atoms. The highest BCUT2D eigenvalue weighted by Crippen LogP contribution is 2.23. The number of hydrogen-bond acceptors (Lipinski definition) is 7. The topological polar surface area (TPSA) is 119 Å². The molecule has 168 valence electrons. The zero-order valence-electron chi connectivity index (χ0n) is 17.9. The molecular formula is C22H27NO7S. The number of amides is 1. The maximum atomic E-state index is 12.7. The van der Waals surface area contributed by atoms with Crippen molar-refractivity contribution < 1.29 is 32.6 Å². The number of phenolic OH excluding ortho intramolecular Hbond substituents is 1. The first-order valence-electron chi connectivity index (χ1n) is 9.57. The van der Waals surface area contributed by atoms with E-state index in [4.69, 9.17) is 9.47 Å². The predicted octanol–water partition coefficient (Wildman–Crippen LogP) is 2.97. The minimum atomic E-state index is -3.69. The molecule has 9 heteroatoms. The summed E-state index contributed by atoms with van der Waals surface area (Å²) in [4.78, 5) is 24.9. The van der Waals surface area contributed by atoms with E-state index in [1.807, 2.05) is 6.07 Å². The fraction of sp³-hybridized carbons (Fsp3) is 0.364. The van der Waals surface area contributed by atoms with Gasteiger partial charge in [0.2, 0.25) is 0 Å². The van der Waals surface area contributed by atoms with Crippen molar-refractivity contribution in [3.63, 3.8) is 0 Å². The molecule has 0 bridgehead atoms. The standard InChI is InChI=1S/C22H27NO7S/c1-22(2,3)30-20(25)18(23-21(26)29-14-15-8-6-5-7-9-15)12-16-10-11-17(24)13-19(16)31(4,27)28/h5-11,13,18,24H,12,14H2,1-4H3,(H,23,26)/t18-/m0/s1. The van der Waals surface area contributed by atoms with Crippen molar-refractivity contribution in [2.24, 2.45) is 0 Å². The minimum Gasteiger partial charge on any atom is -0.508 e. The van der Waals surface area contributed by atoms with Crippen molar-refractivity contribution >= 4 is 21.9 Å². The summed E-state index contributed by atoms with van der Waals surface area (Å²) < 4.78 is 34.8. The van der Waals surface area contributed by atoms with Gasteiger partial charge in [0.15, 0.2) is 9.84 Å². The highest BCUT2D eigenvalue weighted by Gasteiger charge is 2.29. The molecule has 0 unspecified atom stereocenters. The first kappa shape index (κ1) is 24.2. The Morgan fingerprint density at radius 1 is 1.10 bits per heavy atom. The van der Waals surface area contributed by atoms with Crippen LogP contribution in [0, 0.1) is 0 Å². The molecule has 0 fully saturated rings. The fourth-order valence-electron chi connectivity index (χ4n) is 2.75. The van der Waals surface area contributed by atoms with Crippen LogP contribution in [0.1, 0.15) is 31.9 Å². The van der Waals surface area contributed by atoms with E-state index in [9.17, 15) is 23.1 Å². The van der Waals surface area contributed by atoms with Gasteiger partial charge in [-0.25, -0.2) is 18.0 Å². The summed E-state index contributed by atoms with van der Waals surface area (Å²) in [6.07, 6.45) is -0.0211. The molecule has 1 atom stereocenters. The van der Waals surface area contributed by atoms with Crippen molar-refractivity contribution in [2.45, 2.75) is 50.3 Å². The molecule has 0 saturated carbocycles. The summed E-state index contributed by atoms with van der Waals surface area (Å²) in [5, 5.41) is 12.1. The summed E-state index contributed by atoms with van der Waals surface area (Å²) in [7, 11) is -3.69. The number of rotatable bonds is 7. The zero-order valence-corrected chi connectivity index (χ0v) is 18.7. The Hall–Kier alpha value is -3.07. The van der Waals surface area contributed by atoms with Crippen molar-refractivity contribution in [3.8, 4) is 5.75 Å². The van der Waals surface area contributed by atoms with Crippen molar-refractivity contribution in [2.75, 3.05) is 6.26 Å². The molecule has 0 aliphatic heterocycles. The van der Waals surface area contributed by atoms with Crippen molar-refractivity contribution in [1.82, 2.24) is 5.32 Å². The van der Waals surface area contributed by atoms with E-state index in [0.717, 1.165) is 17.9 Å². The van der Waals surface area contributed by atoms with E-state index in [0.29, 0.717) is 0 Å². The van der Waals surface area contributed by atoms with Crippen LogP contribution in [-0.2, 0) is 37.1 Å². The van der Waals surface area contributed by atoms with Gasteiger partial charge in [0.25, 0.3) is 0 Å². The van der Waals surface area contributed by atoms with Crippen LogP contribution < -0.4 is 5.32 Å². The van der Waals surface area contributed by atoms with Gasteiger partial charge in [-0.15, -0.1) is 0 Å². The van der Waals surface area contributed by atoms with Gasteiger partial charge in [-0.3, -0.25) is 0 Å². The lowest BCUT2D eigenvalue weighted by Crippen LogP contribution is -2.45. The Morgan fingerprint density at radius 2 is 1.74 bits per heavy atom. The van der Waals surface area contributed by atoms with Crippen molar-refractivity contribution in [1.29, 1.82) is 0 Å². The van der Waals surface area contributed by atoms with Gasteiger partial charge < -0.3 is 19.9 Å². The normalized spacial score (nSPS) is 12.6. The number of carbonyl (C=O) groups is 2. The van der Waals surface area contributed by atoms with Crippen LogP contribution in [-0.4, -0.2) is 43.5 Å². The molecule has 0 heterocycles. The minimum absolute atomic E-state index is 0.00150. The number of ether oxygens (including phenoxy) is 2. The molecular weight excluding hydrogens is 422 g/mol. The lowest BCUT2D eigenvalue weighted by molar-refractivity contribution is -0.157. The van der Waals surface area contributed by atoms with E-state index >= 15 is 0 Å². The van der Waals surface area contributed by atoms with Gasteiger partial charge in [0.1, 0.15) is 24.0 Å². The van der Waals surface area contributed by atoms with Gasteiger partial charge in [-0.1, -0.05) is 36.4 Å². The average Bonchev–Trinajstić information content (AvgIpc) is 2.65. The molecule has 0 saturated heterocycles. The average molecular weight is 450 g/mol. The Labute approximate surface area is 182 Å². The first-order chi connectivity index (χ1) is 14.3. The highest BCUT2D eigenvalue weighted by molar-refractivity contribution is 7.90. The van der Waals surface area contributed by atoms with E-state index in [1.165, 1.54) is 12.1 Å². The molecule has 0 aliphatic carbocycles. The van der Waals surface area contributed by atoms with Crippen LogP contribution >= 0.6 is 0 Å². The van der Waals surface area contributed by atoms with Gasteiger partial charge >= 0.3 is 12.1 Å². The van der Waals surface area contributed by atoms with E-state index in [2.05, 4.69) is 5.32 Å². The van der Waals surface area contributed by atoms with Crippen LogP contribution in [0.15, 0.2) is 53.4 Å². The summed E-state index contributed by atoms with van der Waals surface area (Å²) in [5.74, 6) is -0.968. The second kappa shape index (κ2) is 9.82. The lowest BCUT2D eigenvalue weighted by Gasteiger charge is -2.25. The maximum Gasteiger partial charge on any atom is 0.408 e. The monoisotopic (exact) mass is 449 g/mol. The number of benzene rings is 2. The number of alkyl carbamates (subject to hydrolysis) is 1. The number of carbonyl (C=O) groups excluding carboxylic acids is 2. The highest BCUT2D eigenvalue weighted by atomic mass is 32.2. The molecule has 0 aliphatic rings. The zero-order chi connectivity index (χ0) is 23.2. The number of nitrogens with one attached hydrogen (secondary N) is 1. The SMILES string of the molecule is CC(C)(C)OC(=O)[C@H](Cc1ccc(O)cc1S(C)(=O)=O)NC(=O)OCc1ccccc1. The number of esters is 1. The number of aromatic hydroxyl groups is 1. The van der Waals surface area contributed by atoms with Crippen LogP contribution in [0.3, 0.4) is 0 Å². The third kappa shape index (κ3) is 7.93. The van der Waals surface area contributed by atoms with Crippen LogP contribution in [0.25, 0.3) is 0 Å². The molecule has 2 N–H and O–H groups in total. The van der Waals surface area contributed by atoms with E-state index < -0.39 is 33.5 Å². The Bertz CT molecular complexity index is 1030. The smallest absolute Gasteiger partial charge is 0.408 e. The van der Waals surface area contributed by atoms with Gasteiger partial charge in [-0.2, -0.15) is 0 Å². The van der Waals surface area contributed by atoms with Crippen LogP contribution in [0.4, 0.5) is 4.79 Å². The third-order valence-electron chi connectivity index (χ3n) is 4.07. The van der Waals surface area contributed by atoms with Crippen LogP contribution in [0.2, 0.25) is 0 Å². The van der Waals surface area contributed by atoms with Gasteiger partial charge in [0, 0.05) is 12.7 Å². The Kier molecular flexibility index (Phi) is 7.67. The third-order valence-corrected chi connectivity index (χ3v) is 5.25. The molecule has 2 aromatic carbocycles. The number of hydrogen-bond donors (Lipinski definition) is 2.